The number of anilines is 1. The first-order chi connectivity index (χ1) is 12.8. The van der Waals surface area contributed by atoms with Crippen LogP contribution >= 0.6 is 46.4 Å². The van der Waals surface area contributed by atoms with Crippen LogP contribution in [0.15, 0.2) is 36.4 Å². The quantitative estimate of drug-likeness (QED) is 0.649. The van der Waals surface area contributed by atoms with E-state index in [4.69, 9.17) is 46.4 Å². The maximum absolute atomic E-state index is 12.6. The molecule has 1 heterocycles. The van der Waals surface area contributed by atoms with E-state index in [0.29, 0.717) is 57.3 Å². The number of amides is 2. The summed E-state index contributed by atoms with van der Waals surface area (Å²) in [7, 11) is 0. The zero-order valence-corrected chi connectivity index (χ0v) is 17.2. The molecule has 2 aromatic carbocycles. The van der Waals surface area contributed by atoms with Crippen molar-refractivity contribution in [2.75, 3.05) is 18.4 Å². The Morgan fingerprint density at radius 2 is 1.52 bits per heavy atom. The van der Waals surface area contributed by atoms with E-state index in [0.717, 1.165) is 0 Å². The Morgan fingerprint density at radius 3 is 2.11 bits per heavy atom. The smallest absolute Gasteiger partial charge is 0.255 e. The summed E-state index contributed by atoms with van der Waals surface area (Å²) in [6.07, 6.45) is 1.13. The van der Waals surface area contributed by atoms with Gasteiger partial charge in [-0.1, -0.05) is 46.4 Å². The van der Waals surface area contributed by atoms with E-state index in [9.17, 15) is 9.59 Å². The molecule has 0 spiro atoms. The lowest BCUT2D eigenvalue weighted by atomic mass is 9.95. The van der Waals surface area contributed by atoms with Crippen molar-refractivity contribution in [2.24, 2.45) is 5.92 Å². The van der Waals surface area contributed by atoms with E-state index in [1.807, 2.05) is 0 Å². The standard InChI is InChI=1S/C19H16Cl4N2O2/c20-12-1-2-16(17(23)10-12)19(27)25-5-3-11(4-6-25)18(26)24-15-8-13(21)7-14(22)9-15/h1-2,7-11H,3-6H2,(H,24,26). The van der Waals surface area contributed by atoms with Crippen LogP contribution in [-0.2, 0) is 4.79 Å². The number of nitrogens with zero attached hydrogens (tertiary/aromatic N) is 1. The van der Waals surface area contributed by atoms with Gasteiger partial charge in [0.15, 0.2) is 0 Å². The number of carbonyl (C=O) groups excluding carboxylic acids is 2. The first-order valence-electron chi connectivity index (χ1n) is 8.35. The molecule has 2 aromatic rings. The molecule has 1 saturated heterocycles. The average Bonchev–Trinajstić information content (AvgIpc) is 2.60. The van der Waals surface area contributed by atoms with Crippen molar-refractivity contribution in [3.8, 4) is 0 Å². The second-order valence-corrected chi connectivity index (χ2v) is 8.05. The van der Waals surface area contributed by atoms with E-state index in [1.165, 1.54) is 0 Å². The first kappa shape index (κ1) is 20.3. The Morgan fingerprint density at radius 1 is 0.889 bits per heavy atom. The molecule has 2 amide bonds. The lowest BCUT2D eigenvalue weighted by Crippen LogP contribution is -2.41. The van der Waals surface area contributed by atoms with Crippen LogP contribution in [0.2, 0.25) is 20.1 Å². The van der Waals surface area contributed by atoms with Crippen molar-refractivity contribution < 1.29 is 9.59 Å². The maximum atomic E-state index is 12.6. The molecule has 27 heavy (non-hydrogen) atoms. The summed E-state index contributed by atoms with van der Waals surface area (Å²) >= 11 is 23.9. The van der Waals surface area contributed by atoms with Crippen molar-refractivity contribution in [1.82, 2.24) is 4.90 Å². The second kappa shape index (κ2) is 8.70. The molecule has 0 aromatic heterocycles. The van der Waals surface area contributed by atoms with Crippen LogP contribution < -0.4 is 5.32 Å². The van der Waals surface area contributed by atoms with Crippen LogP contribution in [-0.4, -0.2) is 29.8 Å². The molecule has 1 fully saturated rings. The summed E-state index contributed by atoms with van der Waals surface area (Å²) in [4.78, 5) is 26.8. The molecule has 4 nitrogen and oxygen atoms in total. The normalized spacial score (nSPS) is 14.9. The predicted octanol–water partition coefficient (Wildman–Crippen LogP) is 5.79. The molecular formula is C19H16Cl4N2O2. The Kier molecular flexibility index (Phi) is 6.53. The summed E-state index contributed by atoms with van der Waals surface area (Å²) in [5, 5.41) is 4.55. The molecule has 0 saturated carbocycles. The lowest BCUT2D eigenvalue weighted by Gasteiger charge is -2.31. The van der Waals surface area contributed by atoms with Gasteiger partial charge in [0.2, 0.25) is 5.91 Å². The third-order valence-corrected chi connectivity index (χ3v) is 5.43. The third kappa shape index (κ3) is 5.08. The van der Waals surface area contributed by atoms with Crippen molar-refractivity contribution in [3.05, 3.63) is 62.1 Å². The van der Waals surface area contributed by atoms with Gasteiger partial charge in [-0.3, -0.25) is 9.59 Å². The van der Waals surface area contributed by atoms with Gasteiger partial charge in [-0.25, -0.2) is 0 Å². The maximum Gasteiger partial charge on any atom is 0.255 e. The number of rotatable bonds is 3. The van der Waals surface area contributed by atoms with E-state index in [2.05, 4.69) is 5.32 Å². The molecule has 0 bridgehead atoms. The highest BCUT2D eigenvalue weighted by molar-refractivity contribution is 6.37. The summed E-state index contributed by atoms with van der Waals surface area (Å²) in [6.45, 7) is 0.957. The molecule has 0 unspecified atom stereocenters. The Labute approximate surface area is 177 Å². The minimum Gasteiger partial charge on any atom is -0.339 e. The molecule has 8 heteroatoms. The van der Waals surface area contributed by atoms with E-state index in [-0.39, 0.29) is 17.7 Å². The number of piperidine rings is 1. The molecule has 0 radical (unpaired) electrons. The monoisotopic (exact) mass is 444 g/mol. The number of hydrogen-bond donors (Lipinski definition) is 1. The number of hydrogen-bond acceptors (Lipinski definition) is 2. The molecule has 1 aliphatic rings. The highest BCUT2D eigenvalue weighted by Crippen LogP contribution is 2.27. The largest absolute Gasteiger partial charge is 0.339 e. The van der Waals surface area contributed by atoms with Crippen molar-refractivity contribution >= 4 is 63.9 Å². The number of benzene rings is 2. The fourth-order valence-corrected chi connectivity index (χ4v) is 4.06. The Hall–Kier alpha value is -1.46. The summed E-state index contributed by atoms with van der Waals surface area (Å²) in [5.74, 6) is -0.449. The number of halogens is 4. The minimum atomic E-state index is -0.188. The van der Waals surface area contributed by atoms with Gasteiger partial charge in [0.25, 0.3) is 5.91 Å². The van der Waals surface area contributed by atoms with Gasteiger partial charge in [0, 0.05) is 39.8 Å². The van der Waals surface area contributed by atoms with Crippen LogP contribution in [0.3, 0.4) is 0 Å². The van der Waals surface area contributed by atoms with Gasteiger partial charge in [-0.05, 0) is 49.2 Å². The van der Waals surface area contributed by atoms with E-state index < -0.39 is 0 Å². The summed E-state index contributed by atoms with van der Waals surface area (Å²) in [5.41, 5.74) is 0.974. The second-order valence-electron chi connectivity index (χ2n) is 6.34. The molecule has 0 atom stereocenters. The first-order valence-corrected chi connectivity index (χ1v) is 9.86. The van der Waals surface area contributed by atoms with Crippen molar-refractivity contribution in [2.45, 2.75) is 12.8 Å². The lowest BCUT2D eigenvalue weighted by molar-refractivity contribution is -0.121. The fraction of sp³-hybridized carbons (Fsp3) is 0.263. The summed E-state index contributed by atoms with van der Waals surface area (Å²) in [6, 6.07) is 9.70. The third-order valence-electron chi connectivity index (χ3n) is 4.44. The van der Waals surface area contributed by atoms with Crippen LogP contribution in [0.4, 0.5) is 5.69 Å². The molecule has 142 valence electrons. The minimum absolute atomic E-state index is 0.107. The molecule has 3 rings (SSSR count). The topological polar surface area (TPSA) is 49.4 Å². The zero-order valence-electron chi connectivity index (χ0n) is 14.1. The fourth-order valence-electron chi connectivity index (χ4n) is 3.05. The van der Waals surface area contributed by atoms with Gasteiger partial charge >= 0.3 is 0 Å². The average molecular weight is 446 g/mol. The zero-order chi connectivity index (χ0) is 19.6. The van der Waals surface area contributed by atoms with Crippen LogP contribution in [0.1, 0.15) is 23.2 Å². The number of likely N-dealkylation sites (tertiary alicyclic amines) is 1. The molecule has 0 aliphatic carbocycles. The molecule has 1 N–H and O–H groups in total. The van der Waals surface area contributed by atoms with Gasteiger partial charge in [-0.15, -0.1) is 0 Å². The summed E-state index contributed by atoms with van der Waals surface area (Å²) < 4.78 is 0. The van der Waals surface area contributed by atoms with Crippen LogP contribution in [0.25, 0.3) is 0 Å². The highest BCUT2D eigenvalue weighted by Gasteiger charge is 2.28. The van der Waals surface area contributed by atoms with Crippen LogP contribution in [0, 0.1) is 5.92 Å². The van der Waals surface area contributed by atoms with Crippen molar-refractivity contribution in [1.29, 1.82) is 0 Å². The SMILES string of the molecule is O=C(Nc1cc(Cl)cc(Cl)c1)C1CCN(C(=O)c2ccc(Cl)cc2Cl)CC1. The predicted molar refractivity (Wildman–Crippen MR) is 110 cm³/mol. The number of nitrogens with one attached hydrogen (secondary N) is 1. The van der Waals surface area contributed by atoms with Gasteiger partial charge in [0.05, 0.1) is 10.6 Å². The highest BCUT2D eigenvalue weighted by atomic mass is 35.5. The van der Waals surface area contributed by atoms with Gasteiger partial charge in [0.1, 0.15) is 0 Å². The van der Waals surface area contributed by atoms with Crippen molar-refractivity contribution in [3.63, 3.8) is 0 Å². The van der Waals surface area contributed by atoms with E-state index in [1.54, 1.807) is 41.3 Å². The molecule has 1 aliphatic heterocycles. The van der Waals surface area contributed by atoms with Gasteiger partial charge < -0.3 is 10.2 Å². The van der Waals surface area contributed by atoms with Crippen LogP contribution in [0.5, 0.6) is 0 Å². The number of carbonyl (C=O) groups is 2. The molecular weight excluding hydrogens is 430 g/mol. The Balaban J connectivity index is 1.59. The Bertz CT molecular complexity index is 860. The van der Waals surface area contributed by atoms with E-state index >= 15 is 0 Å². The van der Waals surface area contributed by atoms with Gasteiger partial charge in [-0.2, -0.15) is 0 Å².